The molecule has 11 heteroatoms. The van der Waals surface area contributed by atoms with Gasteiger partial charge in [0.15, 0.2) is 0 Å². The maximum atomic E-state index is 12.4. The fourth-order valence-corrected chi connectivity index (χ4v) is 3.26. The summed E-state index contributed by atoms with van der Waals surface area (Å²) in [5.41, 5.74) is 4.74. The molecule has 2 rings (SSSR count). The maximum absolute atomic E-state index is 12.4. The van der Waals surface area contributed by atoms with E-state index in [0.717, 1.165) is 0 Å². The van der Waals surface area contributed by atoms with E-state index in [1.165, 1.54) is 4.90 Å². The molecule has 0 aliphatic carbocycles. The van der Waals surface area contributed by atoms with E-state index in [4.69, 9.17) is 4.55 Å². The van der Waals surface area contributed by atoms with Gasteiger partial charge in [0.05, 0.1) is 6.04 Å². The van der Waals surface area contributed by atoms with Crippen molar-refractivity contribution in [2.24, 2.45) is 5.41 Å². The number of nitrogens with one attached hydrogen (secondary N) is 2. The van der Waals surface area contributed by atoms with Gasteiger partial charge >= 0.3 is 16.4 Å². The van der Waals surface area contributed by atoms with E-state index in [-0.39, 0.29) is 18.5 Å². The van der Waals surface area contributed by atoms with Crippen LogP contribution in [0.15, 0.2) is 0 Å². The summed E-state index contributed by atoms with van der Waals surface area (Å²) in [6, 6.07) is -2.08. The van der Waals surface area contributed by atoms with Crippen molar-refractivity contribution in [2.75, 3.05) is 6.54 Å². The van der Waals surface area contributed by atoms with Gasteiger partial charge in [0.1, 0.15) is 6.04 Å². The number of carbonyl (C=O) groups is 2. The first-order chi connectivity index (χ1) is 10.4. The first-order valence-electron chi connectivity index (χ1n) is 7.24. The van der Waals surface area contributed by atoms with Gasteiger partial charge in [-0.05, 0) is 25.7 Å². The van der Waals surface area contributed by atoms with Crippen LogP contribution in [0.4, 0.5) is 4.79 Å². The topological polar surface area (TPSA) is 128 Å². The number of rotatable bonds is 5. The third-order valence-corrected chi connectivity index (χ3v) is 4.39. The van der Waals surface area contributed by atoms with Crippen LogP contribution in [-0.4, -0.2) is 59.5 Å². The minimum Gasteiger partial charge on any atom is -0.309 e. The Bertz CT molecular complexity index is 605. The quantitative estimate of drug-likeness (QED) is 0.457. The van der Waals surface area contributed by atoms with Gasteiger partial charge in [-0.1, -0.05) is 13.8 Å². The van der Waals surface area contributed by atoms with Crippen molar-refractivity contribution < 1.29 is 26.8 Å². The Kier molecular flexibility index (Phi) is 4.59. The lowest BCUT2D eigenvalue weighted by atomic mass is 9.76. The summed E-state index contributed by atoms with van der Waals surface area (Å²) in [6.07, 6.45) is 0.334. The number of carbonyl (C=O) groups excluding carboxylic acids is 2. The number of fused-ring (bicyclic) bond motifs is 2. The van der Waals surface area contributed by atoms with Gasteiger partial charge in [-0.3, -0.25) is 14.8 Å². The molecule has 2 atom stereocenters. The van der Waals surface area contributed by atoms with E-state index in [2.05, 4.69) is 15.1 Å². The number of hydrogen-bond donors (Lipinski definition) is 3. The Balaban J connectivity index is 2.22. The average Bonchev–Trinajstić information content (AvgIpc) is 2.66. The van der Waals surface area contributed by atoms with Gasteiger partial charge in [0, 0.05) is 12.6 Å². The third-order valence-electron chi connectivity index (χ3n) is 4.05. The normalized spacial score (nSPS) is 26.8. The number of hydrazine groups is 1. The lowest BCUT2D eigenvalue weighted by Gasteiger charge is -2.40. The first-order valence-corrected chi connectivity index (χ1v) is 8.61. The summed E-state index contributed by atoms with van der Waals surface area (Å²) >= 11 is 0. The SMILES string of the molecule is CC(C)NNC(=O)C1CC(C)(C)C2CN1C(=O)N2OS(=O)(=O)O. The molecule has 2 bridgehead atoms. The highest BCUT2D eigenvalue weighted by Gasteiger charge is 2.56. The van der Waals surface area contributed by atoms with Crippen molar-refractivity contribution in [3.63, 3.8) is 0 Å². The molecule has 10 nitrogen and oxygen atoms in total. The Morgan fingerprint density at radius 1 is 1.43 bits per heavy atom. The summed E-state index contributed by atoms with van der Waals surface area (Å²) in [6.45, 7) is 7.46. The second-order valence-electron chi connectivity index (χ2n) is 6.78. The van der Waals surface area contributed by atoms with E-state index in [1.54, 1.807) is 0 Å². The van der Waals surface area contributed by atoms with E-state index in [1.807, 2.05) is 27.7 Å². The molecule has 2 fully saturated rings. The van der Waals surface area contributed by atoms with Crippen LogP contribution in [0.1, 0.15) is 34.1 Å². The van der Waals surface area contributed by atoms with Crippen LogP contribution < -0.4 is 10.9 Å². The highest BCUT2D eigenvalue weighted by molar-refractivity contribution is 7.80. The molecule has 0 saturated carbocycles. The minimum absolute atomic E-state index is 0.0249. The zero-order valence-electron chi connectivity index (χ0n) is 13.4. The van der Waals surface area contributed by atoms with Crippen LogP contribution >= 0.6 is 0 Å². The number of urea groups is 1. The Hall–Kier alpha value is -1.43. The molecule has 23 heavy (non-hydrogen) atoms. The van der Waals surface area contributed by atoms with Crippen LogP contribution in [0.3, 0.4) is 0 Å². The predicted molar refractivity (Wildman–Crippen MR) is 79.0 cm³/mol. The number of nitrogens with zero attached hydrogens (tertiary/aromatic N) is 2. The largest absolute Gasteiger partial charge is 0.418 e. The van der Waals surface area contributed by atoms with E-state index in [9.17, 15) is 18.0 Å². The van der Waals surface area contributed by atoms with Gasteiger partial charge in [0.2, 0.25) is 0 Å². The number of piperidine rings is 1. The first kappa shape index (κ1) is 17.9. The number of hydroxylamine groups is 2. The minimum atomic E-state index is -4.82. The van der Waals surface area contributed by atoms with Crippen molar-refractivity contribution in [1.82, 2.24) is 20.8 Å². The fraction of sp³-hybridized carbons (Fsp3) is 0.833. The average molecular weight is 350 g/mol. The van der Waals surface area contributed by atoms with Crippen LogP contribution in [0.5, 0.6) is 0 Å². The molecule has 2 heterocycles. The van der Waals surface area contributed by atoms with Crippen LogP contribution in [-0.2, 0) is 19.5 Å². The second kappa shape index (κ2) is 5.89. The van der Waals surface area contributed by atoms with Crippen molar-refractivity contribution in [3.8, 4) is 0 Å². The van der Waals surface area contributed by atoms with Crippen LogP contribution in [0.25, 0.3) is 0 Å². The molecule has 3 amide bonds. The van der Waals surface area contributed by atoms with E-state index < -0.39 is 33.9 Å². The molecule has 3 N–H and O–H groups in total. The zero-order valence-corrected chi connectivity index (χ0v) is 14.3. The summed E-state index contributed by atoms with van der Waals surface area (Å²) in [4.78, 5) is 25.9. The van der Waals surface area contributed by atoms with E-state index in [0.29, 0.717) is 11.5 Å². The molecular formula is C12H22N4O6S. The standard InChI is InChI=1S/C12H22N4O6S/c1-7(2)13-14-10(17)8-5-12(3,4)9-6-15(8)11(18)16(9)22-23(19,20)21/h7-9,13H,5-6H2,1-4H3,(H,14,17)(H,19,20,21). The highest BCUT2D eigenvalue weighted by Crippen LogP contribution is 2.42. The van der Waals surface area contributed by atoms with Crippen molar-refractivity contribution in [2.45, 2.75) is 52.2 Å². The second-order valence-corrected chi connectivity index (χ2v) is 7.78. The summed E-state index contributed by atoms with van der Waals surface area (Å²) in [5.74, 6) is -0.382. The Morgan fingerprint density at radius 3 is 2.57 bits per heavy atom. The lowest BCUT2D eigenvalue weighted by Crippen LogP contribution is -2.57. The molecule has 0 aromatic rings. The number of amides is 3. The van der Waals surface area contributed by atoms with Crippen molar-refractivity contribution in [3.05, 3.63) is 0 Å². The molecule has 0 spiro atoms. The molecule has 132 valence electrons. The monoisotopic (exact) mass is 350 g/mol. The van der Waals surface area contributed by atoms with Crippen molar-refractivity contribution >= 4 is 22.3 Å². The smallest absolute Gasteiger partial charge is 0.309 e. The third kappa shape index (κ3) is 3.74. The number of hydrogen-bond acceptors (Lipinski definition) is 6. The molecule has 0 radical (unpaired) electrons. The summed E-state index contributed by atoms with van der Waals surface area (Å²) in [5, 5.41) is 0.637. The fourth-order valence-electron chi connectivity index (χ4n) is 2.89. The lowest BCUT2D eigenvalue weighted by molar-refractivity contribution is -0.129. The Morgan fingerprint density at radius 2 is 2.04 bits per heavy atom. The zero-order chi connectivity index (χ0) is 17.6. The van der Waals surface area contributed by atoms with Crippen LogP contribution in [0.2, 0.25) is 0 Å². The van der Waals surface area contributed by atoms with Crippen molar-refractivity contribution in [1.29, 1.82) is 0 Å². The van der Waals surface area contributed by atoms with E-state index >= 15 is 0 Å². The predicted octanol–water partition coefficient (Wildman–Crippen LogP) is -0.345. The Labute approximate surface area is 135 Å². The molecule has 2 unspecified atom stereocenters. The summed E-state index contributed by atoms with van der Waals surface area (Å²) in [7, 11) is -4.82. The molecular weight excluding hydrogens is 328 g/mol. The maximum Gasteiger partial charge on any atom is 0.418 e. The highest BCUT2D eigenvalue weighted by atomic mass is 32.3. The van der Waals surface area contributed by atoms with Gasteiger partial charge in [-0.2, -0.15) is 13.5 Å². The summed E-state index contributed by atoms with van der Waals surface area (Å²) < 4.78 is 35.2. The van der Waals surface area contributed by atoms with Gasteiger partial charge in [0.25, 0.3) is 5.91 Å². The molecule has 2 aliphatic heterocycles. The van der Waals surface area contributed by atoms with Gasteiger partial charge < -0.3 is 4.90 Å². The molecule has 2 aliphatic rings. The molecule has 0 aromatic heterocycles. The van der Waals surface area contributed by atoms with Gasteiger partial charge in [-0.15, -0.1) is 4.28 Å². The molecule has 0 aromatic carbocycles. The van der Waals surface area contributed by atoms with Crippen LogP contribution in [0, 0.1) is 5.41 Å². The molecule has 2 saturated heterocycles. The van der Waals surface area contributed by atoms with Gasteiger partial charge in [-0.25, -0.2) is 10.2 Å².